The maximum absolute atomic E-state index is 11.4. The van der Waals surface area contributed by atoms with Gasteiger partial charge >= 0.3 is 5.97 Å². The number of carbonyl (C=O) groups excluding carboxylic acids is 1. The average Bonchev–Trinajstić information content (AvgIpc) is 2.27. The predicted octanol–water partition coefficient (Wildman–Crippen LogP) is 2.40. The lowest BCUT2D eigenvalue weighted by molar-refractivity contribution is 0.0601. The molecule has 0 saturated heterocycles. The highest BCUT2D eigenvalue weighted by atomic mass is 16.5. The van der Waals surface area contributed by atoms with E-state index in [0.717, 1.165) is 5.56 Å². The lowest BCUT2D eigenvalue weighted by Crippen LogP contribution is -2.07. The summed E-state index contributed by atoms with van der Waals surface area (Å²) >= 11 is 0. The van der Waals surface area contributed by atoms with Crippen LogP contribution in [0.1, 0.15) is 35.7 Å². The zero-order valence-electron chi connectivity index (χ0n) is 9.07. The number of rotatable bonds is 3. The fraction of sp³-hybridized carbons (Fsp3) is 0.364. The van der Waals surface area contributed by atoms with Crippen molar-refractivity contribution >= 4 is 11.7 Å². The smallest absolute Gasteiger partial charge is 0.340 e. The molecule has 4 heteroatoms. The summed E-state index contributed by atoms with van der Waals surface area (Å²) in [5.74, 6) is -0.143. The van der Waals surface area contributed by atoms with Gasteiger partial charge in [-0.25, -0.2) is 4.79 Å². The van der Waals surface area contributed by atoms with E-state index in [-0.39, 0.29) is 0 Å². The van der Waals surface area contributed by atoms with Gasteiger partial charge in [0.15, 0.2) is 0 Å². The molecule has 0 aliphatic rings. The molecule has 0 saturated carbocycles. The molecule has 1 aromatic carbocycles. The first-order valence-electron chi connectivity index (χ1n) is 4.72. The van der Waals surface area contributed by atoms with E-state index in [2.05, 4.69) is 4.74 Å². The Hall–Kier alpha value is -1.55. The predicted molar refractivity (Wildman–Crippen MR) is 57.3 cm³/mol. The van der Waals surface area contributed by atoms with Gasteiger partial charge in [-0.2, -0.15) is 0 Å². The van der Waals surface area contributed by atoms with Gasteiger partial charge in [-0.3, -0.25) is 10.7 Å². The molecule has 0 fully saturated rings. The van der Waals surface area contributed by atoms with E-state index in [1.54, 1.807) is 12.1 Å². The van der Waals surface area contributed by atoms with Gasteiger partial charge in [-0.05, 0) is 23.6 Å². The molecular weight excluding hydrogens is 194 g/mol. The summed E-state index contributed by atoms with van der Waals surface area (Å²) in [7, 11) is 1.31. The summed E-state index contributed by atoms with van der Waals surface area (Å²) in [6.07, 6.45) is 0. The Balaban J connectivity index is 3.19. The third-order valence-corrected chi connectivity index (χ3v) is 2.24. The Morgan fingerprint density at radius 2 is 2.13 bits per heavy atom. The first kappa shape index (κ1) is 11.5. The minimum Gasteiger partial charge on any atom is -0.465 e. The van der Waals surface area contributed by atoms with Crippen LogP contribution in [0, 0.1) is 0 Å². The number of nitrogens with one attached hydrogen (secondary N) is 1. The third kappa shape index (κ3) is 2.47. The van der Waals surface area contributed by atoms with Crippen LogP contribution < -0.4 is 5.48 Å². The Morgan fingerprint density at radius 3 is 2.60 bits per heavy atom. The average molecular weight is 209 g/mol. The number of esters is 1. The van der Waals surface area contributed by atoms with Gasteiger partial charge in [0, 0.05) is 0 Å². The molecule has 0 spiro atoms. The van der Waals surface area contributed by atoms with Gasteiger partial charge < -0.3 is 4.74 Å². The quantitative estimate of drug-likeness (QED) is 0.592. The second-order valence-electron chi connectivity index (χ2n) is 3.56. The fourth-order valence-electron chi connectivity index (χ4n) is 1.30. The first-order valence-corrected chi connectivity index (χ1v) is 4.72. The van der Waals surface area contributed by atoms with E-state index in [1.165, 1.54) is 7.11 Å². The fourth-order valence-corrected chi connectivity index (χ4v) is 1.30. The molecular formula is C11H15NO3. The molecule has 0 bridgehead atoms. The van der Waals surface area contributed by atoms with Crippen molar-refractivity contribution in [1.82, 2.24) is 0 Å². The Labute approximate surface area is 88.8 Å². The molecule has 0 atom stereocenters. The van der Waals surface area contributed by atoms with Crippen molar-refractivity contribution in [2.45, 2.75) is 19.8 Å². The Morgan fingerprint density at radius 1 is 1.47 bits per heavy atom. The minimum absolute atomic E-state index is 0.321. The summed E-state index contributed by atoms with van der Waals surface area (Å²) in [5, 5.41) is 8.83. The highest BCUT2D eigenvalue weighted by Gasteiger charge is 2.13. The molecule has 0 amide bonds. The van der Waals surface area contributed by atoms with E-state index in [9.17, 15) is 4.79 Å². The molecule has 15 heavy (non-hydrogen) atoms. The first-order chi connectivity index (χ1) is 7.10. The summed E-state index contributed by atoms with van der Waals surface area (Å²) < 4.78 is 4.62. The van der Waals surface area contributed by atoms with Crippen LogP contribution in [0.2, 0.25) is 0 Å². The van der Waals surface area contributed by atoms with E-state index in [0.29, 0.717) is 17.2 Å². The summed E-state index contributed by atoms with van der Waals surface area (Å²) in [6.45, 7) is 4.06. The van der Waals surface area contributed by atoms with Crippen LogP contribution in [-0.4, -0.2) is 18.3 Å². The topological polar surface area (TPSA) is 58.6 Å². The monoisotopic (exact) mass is 209 g/mol. The van der Waals surface area contributed by atoms with Gasteiger partial charge in [-0.15, -0.1) is 0 Å². The number of anilines is 1. The number of benzene rings is 1. The third-order valence-electron chi connectivity index (χ3n) is 2.24. The zero-order valence-corrected chi connectivity index (χ0v) is 9.07. The van der Waals surface area contributed by atoms with E-state index >= 15 is 0 Å². The van der Waals surface area contributed by atoms with E-state index < -0.39 is 5.97 Å². The molecule has 82 valence electrons. The van der Waals surface area contributed by atoms with Crippen LogP contribution in [0.25, 0.3) is 0 Å². The van der Waals surface area contributed by atoms with Gasteiger partial charge in [0.2, 0.25) is 0 Å². The Bertz CT molecular complexity index is 361. The maximum atomic E-state index is 11.4. The van der Waals surface area contributed by atoms with Crippen LogP contribution in [0.5, 0.6) is 0 Å². The molecule has 0 aliphatic carbocycles. The molecule has 0 heterocycles. The van der Waals surface area contributed by atoms with Crippen molar-refractivity contribution in [2.24, 2.45) is 0 Å². The summed E-state index contributed by atoms with van der Waals surface area (Å²) in [5.41, 5.74) is 3.69. The van der Waals surface area contributed by atoms with Crippen molar-refractivity contribution in [1.29, 1.82) is 0 Å². The molecule has 0 radical (unpaired) electrons. The van der Waals surface area contributed by atoms with E-state index in [1.807, 2.05) is 25.4 Å². The molecule has 0 aliphatic heterocycles. The highest BCUT2D eigenvalue weighted by molar-refractivity contribution is 5.95. The number of ether oxygens (including phenoxy) is 1. The van der Waals surface area contributed by atoms with Crippen molar-refractivity contribution in [3.8, 4) is 0 Å². The van der Waals surface area contributed by atoms with Gasteiger partial charge in [0.05, 0.1) is 18.4 Å². The molecule has 1 rings (SSSR count). The number of carbonyl (C=O) groups is 1. The lowest BCUT2D eigenvalue weighted by atomic mass is 10.00. The largest absolute Gasteiger partial charge is 0.465 e. The highest BCUT2D eigenvalue weighted by Crippen LogP contribution is 2.22. The van der Waals surface area contributed by atoms with Crippen molar-refractivity contribution < 1.29 is 14.7 Å². The van der Waals surface area contributed by atoms with Crippen LogP contribution in [-0.2, 0) is 4.74 Å². The van der Waals surface area contributed by atoms with Crippen LogP contribution in [0.3, 0.4) is 0 Å². The van der Waals surface area contributed by atoms with E-state index in [4.69, 9.17) is 5.21 Å². The second kappa shape index (κ2) is 4.79. The summed E-state index contributed by atoms with van der Waals surface area (Å²) in [6, 6.07) is 5.23. The second-order valence-corrected chi connectivity index (χ2v) is 3.56. The molecule has 2 N–H and O–H groups in total. The number of hydrogen-bond acceptors (Lipinski definition) is 4. The summed E-state index contributed by atoms with van der Waals surface area (Å²) in [4.78, 5) is 11.4. The normalized spacial score (nSPS) is 10.2. The van der Waals surface area contributed by atoms with Crippen molar-refractivity contribution in [3.05, 3.63) is 29.3 Å². The number of methoxy groups -OCH3 is 1. The number of hydrogen-bond donors (Lipinski definition) is 2. The van der Waals surface area contributed by atoms with Crippen LogP contribution in [0.15, 0.2) is 18.2 Å². The van der Waals surface area contributed by atoms with Crippen LogP contribution in [0.4, 0.5) is 5.69 Å². The standard InChI is InChI=1S/C11H15NO3/c1-7(2)8-4-5-10(12-14)9(6-8)11(13)15-3/h4-7,12,14H,1-3H3. The van der Waals surface area contributed by atoms with Crippen molar-refractivity contribution in [2.75, 3.05) is 12.6 Å². The molecule has 4 nitrogen and oxygen atoms in total. The minimum atomic E-state index is -0.464. The van der Waals surface area contributed by atoms with Gasteiger partial charge in [-0.1, -0.05) is 19.9 Å². The SMILES string of the molecule is COC(=O)c1cc(C(C)C)ccc1NO. The van der Waals surface area contributed by atoms with Crippen molar-refractivity contribution in [3.63, 3.8) is 0 Å². The lowest BCUT2D eigenvalue weighted by Gasteiger charge is -2.10. The maximum Gasteiger partial charge on any atom is 0.340 e. The zero-order chi connectivity index (χ0) is 11.4. The van der Waals surface area contributed by atoms with Gasteiger partial charge in [0.25, 0.3) is 0 Å². The van der Waals surface area contributed by atoms with Gasteiger partial charge in [0.1, 0.15) is 0 Å². The molecule has 1 aromatic rings. The Kier molecular flexibility index (Phi) is 3.68. The molecule has 0 unspecified atom stereocenters. The molecule has 0 aromatic heterocycles. The van der Waals surface area contributed by atoms with Crippen LogP contribution >= 0.6 is 0 Å².